The lowest BCUT2D eigenvalue weighted by molar-refractivity contribution is -0.125. The highest BCUT2D eigenvalue weighted by Crippen LogP contribution is 2.14. The highest BCUT2D eigenvalue weighted by Gasteiger charge is 2.10. The first-order valence-corrected chi connectivity index (χ1v) is 10.6. The molecule has 0 heterocycles. The number of amides is 3. The van der Waals surface area contributed by atoms with Crippen LogP contribution < -0.4 is 26.2 Å². The van der Waals surface area contributed by atoms with Crippen molar-refractivity contribution in [1.29, 1.82) is 0 Å². The number of hydrazine groups is 1. The third-order valence-corrected chi connectivity index (χ3v) is 4.84. The highest BCUT2D eigenvalue weighted by molar-refractivity contribution is 7.80. The number of rotatable bonds is 8. The van der Waals surface area contributed by atoms with Gasteiger partial charge in [0.15, 0.2) is 11.7 Å². The van der Waals surface area contributed by atoms with Gasteiger partial charge >= 0.3 is 0 Å². The van der Waals surface area contributed by atoms with Gasteiger partial charge in [0, 0.05) is 18.5 Å². The molecule has 0 saturated heterocycles. The van der Waals surface area contributed by atoms with Gasteiger partial charge in [-0.05, 0) is 73.4 Å². The molecule has 2 aromatic carbocycles. The first kappa shape index (κ1) is 24.8. The Morgan fingerprint density at radius 2 is 1.56 bits per heavy atom. The van der Waals surface area contributed by atoms with Crippen molar-refractivity contribution in [2.45, 2.75) is 40.0 Å². The fourth-order valence-corrected chi connectivity index (χ4v) is 2.79. The van der Waals surface area contributed by atoms with E-state index in [1.165, 1.54) is 5.56 Å². The molecule has 0 fully saturated rings. The molecule has 0 aliphatic carbocycles. The molecule has 0 radical (unpaired) electrons. The highest BCUT2D eigenvalue weighted by atomic mass is 32.1. The van der Waals surface area contributed by atoms with E-state index >= 15 is 0 Å². The molecule has 32 heavy (non-hydrogen) atoms. The van der Waals surface area contributed by atoms with Crippen molar-refractivity contribution in [2.24, 2.45) is 0 Å². The Balaban J connectivity index is 1.62. The lowest BCUT2D eigenvalue weighted by Crippen LogP contribution is -2.49. The Hall–Kier alpha value is -3.46. The number of benzene rings is 2. The Morgan fingerprint density at radius 3 is 2.22 bits per heavy atom. The quantitative estimate of drug-likeness (QED) is 0.359. The lowest BCUT2D eigenvalue weighted by atomic mass is 10.1. The van der Waals surface area contributed by atoms with Crippen LogP contribution in [-0.4, -0.2) is 29.4 Å². The summed E-state index contributed by atoms with van der Waals surface area (Å²) < 4.78 is 5.39. The van der Waals surface area contributed by atoms with Gasteiger partial charge in [0.05, 0.1) is 0 Å². The van der Waals surface area contributed by atoms with Crippen molar-refractivity contribution in [1.82, 2.24) is 16.2 Å². The van der Waals surface area contributed by atoms with Gasteiger partial charge in [0.1, 0.15) is 5.75 Å². The lowest BCUT2D eigenvalue weighted by Gasteiger charge is -2.12. The van der Waals surface area contributed by atoms with Crippen molar-refractivity contribution in [3.63, 3.8) is 0 Å². The van der Waals surface area contributed by atoms with Gasteiger partial charge in [0.25, 0.3) is 5.91 Å². The molecule has 2 rings (SSSR count). The monoisotopic (exact) mass is 456 g/mol. The molecular weight excluding hydrogens is 428 g/mol. The van der Waals surface area contributed by atoms with Crippen LogP contribution in [0.4, 0.5) is 5.69 Å². The number of hydrogen-bond acceptors (Lipinski definition) is 5. The van der Waals surface area contributed by atoms with E-state index in [4.69, 9.17) is 17.0 Å². The molecule has 0 aliphatic heterocycles. The summed E-state index contributed by atoms with van der Waals surface area (Å²) in [6.45, 7) is 5.78. The smallest absolute Gasteiger partial charge is 0.264 e. The zero-order valence-corrected chi connectivity index (χ0v) is 19.2. The predicted octanol–water partition coefficient (Wildman–Crippen LogP) is 2.69. The van der Waals surface area contributed by atoms with Crippen LogP contribution in [0.25, 0.3) is 0 Å². The Bertz CT molecular complexity index is 976. The van der Waals surface area contributed by atoms with Crippen LogP contribution in [0, 0.1) is 13.8 Å². The fraction of sp³-hybridized carbons (Fsp3) is 0.304. The number of thiocarbonyl (C=S) groups is 1. The van der Waals surface area contributed by atoms with E-state index in [2.05, 4.69) is 28.4 Å². The second kappa shape index (κ2) is 12.4. The minimum atomic E-state index is -0.468. The number of hydrogen-bond donors (Lipinski definition) is 4. The number of anilines is 1. The number of carbonyl (C=O) groups excluding carboxylic acids is 3. The topological polar surface area (TPSA) is 109 Å². The van der Waals surface area contributed by atoms with E-state index in [1.54, 1.807) is 12.1 Å². The maximum Gasteiger partial charge on any atom is 0.264 e. The normalized spacial score (nSPS) is 10.1. The van der Waals surface area contributed by atoms with Crippen LogP contribution in [0.3, 0.4) is 0 Å². The minimum Gasteiger partial charge on any atom is -0.484 e. The van der Waals surface area contributed by atoms with Gasteiger partial charge in [-0.15, -0.1) is 0 Å². The SMILES string of the molecule is CCc1ccc(OCC(=O)NC(=S)NNC(=O)CCC(=O)Nc2ccc(C)c(C)c2)cc1. The van der Waals surface area contributed by atoms with Crippen LogP contribution in [0.2, 0.25) is 0 Å². The largest absolute Gasteiger partial charge is 0.484 e. The standard InChI is InChI=1S/C23H28N4O4S/c1-4-17-6-9-19(10-7-17)31-14-22(30)25-23(32)27-26-21(29)12-11-20(28)24-18-8-5-15(2)16(3)13-18/h5-10,13H,4,11-12,14H2,1-3H3,(H,24,28)(H,26,29)(H2,25,27,30,32). The van der Waals surface area contributed by atoms with E-state index in [0.29, 0.717) is 11.4 Å². The van der Waals surface area contributed by atoms with Crippen LogP contribution in [0.1, 0.15) is 36.5 Å². The van der Waals surface area contributed by atoms with E-state index in [1.807, 2.05) is 44.2 Å². The molecule has 9 heteroatoms. The summed E-state index contributed by atoms with van der Waals surface area (Å²) in [6.07, 6.45) is 0.880. The second-order valence-corrected chi connectivity index (χ2v) is 7.59. The first-order valence-electron chi connectivity index (χ1n) is 10.2. The Kier molecular flexibility index (Phi) is 9.62. The molecule has 0 aromatic heterocycles. The third kappa shape index (κ3) is 8.73. The van der Waals surface area contributed by atoms with E-state index in [0.717, 1.165) is 17.5 Å². The molecule has 0 spiro atoms. The predicted molar refractivity (Wildman–Crippen MR) is 127 cm³/mol. The molecule has 0 atom stereocenters. The van der Waals surface area contributed by atoms with E-state index < -0.39 is 11.8 Å². The number of ether oxygens (including phenoxy) is 1. The summed E-state index contributed by atoms with van der Waals surface area (Å²) >= 11 is 4.96. The van der Waals surface area contributed by atoms with Crippen molar-refractivity contribution in [3.8, 4) is 5.75 Å². The van der Waals surface area contributed by atoms with Gasteiger partial charge in [-0.2, -0.15) is 0 Å². The van der Waals surface area contributed by atoms with Crippen molar-refractivity contribution in [2.75, 3.05) is 11.9 Å². The van der Waals surface area contributed by atoms with Crippen molar-refractivity contribution >= 4 is 40.7 Å². The average Bonchev–Trinajstić information content (AvgIpc) is 2.77. The molecule has 4 N–H and O–H groups in total. The maximum atomic E-state index is 12.0. The zero-order chi connectivity index (χ0) is 23.5. The van der Waals surface area contributed by atoms with Gasteiger partial charge in [-0.25, -0.2) is 0 Å². The summed E-state index contributed by atoms with van der Waals surface area (Å²) in [5, 5.41) is 5.08. The molecule has 8 nitrogen and oxygen atoms in total. The van der Waals surface area contributed by atoms with Crippen LogP contribution in [-0.2, 0) is 20.8 Å². The Labute approximate surface area is 193 Å². The van der Waals surface area contributed by atoms with Crippen LogP contribution in [0.15, 0.2) is 42.5 Å². The van der Waals surface area contributed by atoms with Crippen LogP contribution >= 0.6 is 12.2 Å². The molecule has 0 bridgehead atoms. The number of nitrogens with one attached hydrogen (secondary N) is 4. The van der Waals surface area contributed by atoms with Gasteiger partial charge in [0.2, 0.25) is 11.8 Å². The first-order chi connectivity index (χ1) is 15.3. The maximum absolute atomic E-state index is 12.0. The zero-order valence-electron chi connectivity index (χ0n) is 18.4. The van der Waals surface area contributed by atoms with Gasteiger partial charge < -0.3 is 10.1 Å². The molecule has 0 aliphatic rings. The van der Waals surface area contributed by atoms with E-state index in [-0.39, 0.29) is 30.5 Å². The van der Waals surface area contributed by atoms with E-state index in [9.17, 15) is 14.4 Å². The Morgan fingerprint density at radius 1 is 0.875 bits per heavy atom. The molecular formula is C23H28N4O4S. The molecule has 170 valence electrons. The molecule has 3 amide bonds. The summed E-state index contributed by atoms with van der Waals surface area (Å²) in [5.41, 5.74) is 8.83. The van der Waals surface area contributed by atoms with Gasteiger partial charge in [-0.1, -0.05) is 25.1 Å². The second-order valence-electron chi connectivity index (χ2n) is 7.18. The fourth-order valence-electron chi connectivity index (χ4n) is 2.62. The van der Waals surface area contributed by atoms with Crippen LogP contribution in [0.5, 0.6) is 5.75 Å². The molecule has 0 saturated carbocycles. The average molecular weight is 457 g/mol. The van der Waals surface area contributed by atoms with Crippen molar-refractivity contribution < 1.29 is 19.1 Å². The summed E-state index contributed by atoms with van der Waals surface area (Å²) in [6, 6.07) is 13.0. The molecule has 2 aromatic rings. The molecule has 0 unspecified atom stereocenters. The summed E-state index contributed by atoms with van der Waals surface area (Å²) in [7, 11) is 0. The van der Waals surface area contributed by atoms with Gasteiger partial charge in [-0.3, -0.25) is 30.6 Å². The number of carbonyl (C=O) groups is 3. The summed E-state index contributed by atoms with van der Waals surface area (Å²) in [5.74, 6) is -0.611. The summed E-state index contributed by atoms with van der Waals surface area (Å²) in [4.78, 5) is 35.8. The third-order valence-electron chi connectivity index (χ3n) is 4.64. The van der Waals surface area contributed by atoms with Crippen molar-refractivity contribution in [3.05, 3.63) is 59.2 Å². The number of aryl methyl sites for hydroxylation is 3. The minimum absolute atomic E-state index is 0.00419.